The Balaban J connectivity index is 2.25. The molecule has 1 aliphatic carbocycles. The maximum Gasteiger partial charge on any atom is 0.339 e. The Bertz CT molecular complexity index is 394. The van der Waals surface area contributed by atoms with E-state index in [2.05, 4.69) is 9.72 Å². The number of hydrogen-bond donors (Lipinski definition) is 1. The zero-order chi connectivity index (χ0) is 12.3. The number of carbonyl (C=O) groups is 1. The smallest absolute Gasteiger partial charge is 0.339 e. The topological polar surface area (TPSA) is 65.2 Å². The van der Waals surface area contributed by atoms with Gasteiger partial charge in [-0.3, -0.25) is 4.98 Å². The van der Waals surface area contributed by atoms with E-state index >= 15 is 0 Å². The maximum atomic E-state index is 11.3. The molecule has 1 aromatic heterocycles. The third kappa shape index (κ3) is 2.17. The van der Waals surface area contributed by atoms with Gasteiger partial charge in [-0.1, -0.05) is 12.8 Å². The molecule has 4 heteroatoms. The first-order valence-corrected chi connectivity index (χ1v) is 5.97. The van der Waals surface area contributed by atoms with E-state index in [0.717, 1.165) is 18.5 Å². The summed E-state index contributed by atoms with van der Waals surface area (Å²) in [4.78, 5) is 15.7. The summed E-state index contributed by atoms with van der Waals surface area (Å²) >= 11 is 0. The van der Waals surface area contributed by atoms with Crippen molar-refractivity contribution in [2.75, 3.05) is 13.7 Å². The molecule has 0 amide bonds. The van der Waals surface area contributed by atoms with Gasteiger partial charge in [0.05, 0.1) is 12.7 Å². The number of rotatable bonds is 3. The Morgan fingerprint density at radius 2 is 2.18 bits per heavy atom. The highest BCUT2D eigenvalue weighted by Crippen LogP contribution is 2.39. The first-order chi connectivity index (χ1) is 8.22. The number of carbonyl (C=O) groups excluding carboxylic acids is 1. The molecule has 0 radical (unpaired) electrons. The second kappa shape index (κ2) is 4.84. The van der Waals surface area contributed by atoms with E-state index in [4.69, 9.17) is 5.73 Å². The number of pyridine rings is 1. The molecule has 1 saturated carbocycles. The molecule has 0 bridgehead atoms. The van der Waals surface area contributed by atoms with Crippen LogP contribution < -0.4 is 5.73 Å². The number of hydrogen-bond acceptors (Lipinski definition) is 4. The van der Waals surface area contributed by atoms with E-state index in [-0.39, 0.29) is 11.4 Å². The lowest BCUT2D eigenvalue weighted by Crippen LogP contribution is -2.33. The van der Waals surface area contributed by atoms with Crippen LogP contribution in [-0.4, -0.2) is 24.6 Å². The summed E-state index contributed by atoms with van der Waals surface area (Å²) in [5, 5.41) is 0. The molecule has 1 fully saturated rings. The van der Waals surface area contributed by atoms with Crippen LogP contribution in [0.4, 0.5) is 0 Å². The number of esters is 1. The average Bonchev–Trinajstić information content (AvgIpc) is 2.88. The molecule has 0 aromatic carbocycles. The Morgan fingerprint density at radius 1 is 1.47 bits per heavy atom. The van der Waals surface area contributed by atoms with Crippen LogP contribution in [-0.2, 0) is 10.2 Å². The number of ether oxygens (including phenoxy) is 1. The molecule has 1 aliphatic rings. The van der Waals surface area contributed by atoms with Crippen molar-refractivity contribution in [3.05, 3.63) is 29.6 Å². The molecule has 2 rings (SSSR count). The van der Waals surface area contributed by atoms with Gasteiger partial charge >= 0.3 is 5.97 Å². The van der Waals surface area contributed by atoms with Crippen LogP contribution in [0, 0.1) is 0 Å². The summed E-state index contributed by atoms with van der Waals surface area (Å²) in [7, 11) is 1.37. The van der Waals surface area contributed by atoms with Crippen molar-refractivity contribution in [2.45, 2.75) is 31.1 Å². The van der Waals surface area contributed by atoms with Crippen LogP contribution in [0.1, 0.15) is 41.7 Å². The normalized spacial score (nSPS) is 18.0. The van der Waals surface area contributed by atoms with Crippen molar-refractivity contribution in [3.63, 3.8) is 0 Å². The Kier molecular flexibility index (Phi) is 3.43. The summed E-state index contributed by atoms with van der Waals surface area (Å²) in [6.45, 7) is 0.623. The molecule has 0 spiro atoms. The minimum Gasteiger partial charge on any atom is -0.465 e. The minimum atomic E-state index is -0.350. The molecule has 17 heavy (non-hydrogen) atoms. The minimum absolute atomic E-state index is 0.0225. The third-order valence-corrected chi connectivity index (χ3v) is 3.68. The number of aromatic nitrogens is 1. The van der Waals surface area contributed by atoms with Gasteiger partial charge in [0.25, 0.3) is 0 Å². The molecular formula is C13H18N2O2. The second-order valence-electron chi connectivity index (χ2n) is 4.62. The average molecular weight is 234 g/mol. The van der Waals surface area contributed by atoms with Crippen molar-refractivity contribution in [3.8, 4) is 0 Å². The van der Waals surface area contributed by atoms with Crippen LogP contribution in [0.5, 0.6) is 0 Å². The SMILES string of the molecule is COC(=O)c1ccc(C2(CN)CCCC2)nc1. The van der Waals surface area contributed by atoms with Gasteiger partial charge in [-0.15, -0.1) is 0 Å². The first kappa shape index (κ1) is 12.0. The molecule has 92 valence electrons. The molecule has 1 aromatic rings. The van der Waals surface area contributed by atoms with Gasteiger partial charge in [0, 0.05) is 23.9 Å². The van der Waals surface area contributed by atoms with Gasteiger partial charge in [-0.25, -0.2) is 4.79 Å². The van der Waals surface area contributed by atoms with Crippen LogP contribution in [0.3, 0.4) is 0 Å². The summed E-state index contributed by atoms with van der Waals surface area (Å²) in [5.41, 5.74) is 7.41. The highest BCUT2D eigenvalue weighted by Gasteiger charge is 2.35. The molecular weight excluding hydrogens is 216 g/mol. The van der Waals surface area contributed by atoms with E-state index in [1.165, 1.54) is 20.0 Å². The summed E-state index contributed by atoms with van der Waals surface area (Å²) in [6.07, 6.45) is 6.17. The van der Waals surface area contributed by atoms with Crippen LogP contribution in [0.2, 0.25) is 0 Å². The summed E-state index contributed by atoms with van der Waals surface area (Å²) in [5.74, 6) is -0.350. The van der Waals surface area contributed by atoms with E-state index in [9.17, 15) is 4.79 Å². The largest absolute Gasteiger partial charge is 0.465 e. The third-order valence-electron chi connectivity index (χ3n) is 3.68. The van der Waals surface area contributed by atoms with E-state index in [0.29, 0.717) is 12.1 Å². The fourth-order valence-corrected chi connectivity index (χ4v) is 2.56. The van der Waals surface area contributed by atoms with Crippen molar-refractivity contribution in [1.82, 2.24) is 4.98 Å². The molecule has 2 N–H and O–H groups in total. The highest BCUT2D eigenvalue weighted by molar-refractivity contribution is 5.88. The lowest BCUT2D eigenvalue weighted by Gasteiger charge is -2.26. The van der Waals surface area contributed by atoms with Gasteiger partial charge in [-0.05, 0) is 25.0 Å². The van der Waals surface area contributed by atoms with Crippen LogP contribution >= 0.6 is 0 Å². The maximum absolute atomic E-state index is 11.3. The fraction of sp³-hybridized carbons (Fsp3) is 0.538. The van der Waals surface area contributed by atoms with E-state index in [1.54, 1.807) is 12.3 Å². The highest BCUT2D eigenvalue weighted by atomic mass is 16.5. The number of nitrogens with two attached hydrogens (primary N) is 1. The van der Waals surface area contributed by atoms with Gasteiger partial charge in [-0.2, -0.15) is 0 Å². The first-order valence-electron chi connectivity index (χ1n) is 5.97. The van der Waals surface area contributed by atoms with Crippen molar-refractivity contribution in [1.29, 1.82) is 0 Å². The second-order valence-corrected chi connectivity index (χ2v) is 4.62. The lowest BCUT2D eigenvalue weighted by molar-refractivity contribution is 0.0600. The molecule has 0 atom stereocenters. The van der Waals surface area contributed by atoms with Crippen molar-refractivity contribution in [2.24, 2.45) is 5.73 Å². The molecule has 0 aliphatic heterocycles. The fourth-order valence-electron chi connectivity index (χ4n) is 2.56. The van der Waals surface area contributed by atoms with Gasteiger partial charge < -0.3 is 10.5 Å². The molecule has 0 unspecified atom stereocenters. The predicted molar refractivity (Wildman–Crippen MR) is 64.8 cm³/mol. The zero-order valence-corrected chi connectivity index (χ0v) is 10.1. The van der Waals surface area contributed by atoms with E-state index in [1.807, 2.05) is 6.07 Å². The van der Waals surface area contributed by atoms with Gasteiger partial charge in [0.1, 0.15) is 0 Å². The quantitative estimate of drug-likeness (QED) is 0.807. The van der Waals surface area contributed by atoms with Crippen LogP contribution in [0.25, 0.3) is 0 Å². The summed E-state index contributed by atoms with van der Waals surface area (Å²) < 4.78 is 4.65. The zero-order valence-electron chi connectivity index (χ0n) is 10.1. The molecule has 1 heterocycles. The Morgan fingerprint density at radius 3 is 2.65 bits per heavy atom. The standard InChI is InChI=1S/C13H18N2O2/c1-17-12(16)10-4-5-11(15-8-10)13(9-14)6-2-3-7-13/h4-5,8H,2-3,6-7,9,14H2,1H3. The Hall–Kier alpha value is -1.42. The summed E-state index contributed by atoms with van der Waals surface area (Å²) in [6, 6.07) is 3.67. The van der Waals surface area contributed by atoms with Gasteiger partial charge in [0.2, 0.25) is 0 Å². The van der Waals surface area contributed by atoms with E-state index < -0.39 is 0 Å². The molecule has 0 saturated heterocycles. The Labute approximate surface area is 101 Å². The lowest BCUT2D eigenvalue weighted by atomic mass is 9.82. The van der Waals surface area contributed by atoms with Crippen molar-refractivity contribution < 1.29 is 9.53 Å². The van der Waals surface area contributed by atoms with Gasteiger partial charge in [0.15, 0.2) is 0 Å². The molecule has 4 nitrogen and oxygen atoms in total. The monoisotopic (exact) mass is 234 g/mol. The van der Waals surface area contributed by atoms with Crippen LogP contribution in [0.15, 0.2) is 18.3 Å². The number of methoxy groups -OCH3 is 1. The van der Waals surface area contributed by atoms with Crippen molar-refractivity contribution >= 4 is 5.97 Å². The number of nitrogens with zero attached hydrogens (tertiary/aromatic N) is 1. The predicted octanol–water partition coefficient (Wildman–Crippen LogP) is 1.64.